The zero-order valence-electron chi connectivity index (χ0n) is 13.0. The third-order valence-electron chi connectivity index (χ3n) is 4.19. The van der Waals surface area contributed by atoms with Crippen LogP contribution in [0.1, 0.15) is 25.3 Å². The molecule has 2 aromatic rings. The smallest absolute Gasteiger partial charge is 0.135 e. The van der Waals surface area contributed by atoms with Crippen molar-refractivity contribution in [3.05, 3.63) is 40.6 Å². The Bertz CT molecular complexity index is 651. The van der Waals surface area contributed by atoms with Crippen molar-refractivity contribution >= 4 is 33.3 Å². The summed E-state index contributed by atoms with van der Waals surface area (Å²) < 4.78 is 1.11. The van der Waals surface area contributed by atoms with Crippen molar-refractivity contribution in [2.45, 2.75) is 26.7 Å². The Morgan fingerprint density at radius 1 is 1.18 bits per heavy atom. The monoisotopic (exact) mass is 360 g/mol. The molecule has 0 radical (unpaired) electrons. The minimum atomic E-state index is 0.821. The second-order valence-electron chi connectivity index (χ2n) is 6.02. The van der Waals surface area contributed by atoms with E-state index in [2.05, 4.69) is 56.0 Å². The number of hydrogen-bond acceptors (Lipinski definition) is 4. The highest BCUT2D eigenvalue weighted by molar-refractivity contribution is 9.10. The molecule has 0 amide bonds. The lowest BCUT2D eigenvalue weighted by Gasteiger charge is -2.31. The van der Waals surface area contributed by atoms with E-state index >= 15 is 0 Å². The highest BCUT2D eigenvalue weighted by Crippen LogP contribution is 2.25. The number of aromatic nitrogens is 2. The van der Waals surface area contributed by atoms with Crippen LogP contribution in [0.5, 0.6) is 0 Å². The van der Waals surface area contributed by atoms with Gasteiger partial charge in [0.05, 0.1) is 0 Å². The van der Waals surface area contributed by atoms with Crippen molar-refractivity contribution in [1.29, 1.82) is 0 Å². The SMILES string of the molecule is Cc1cc(Nc2cc(N3CCC(C)CC3)ncn2)ccc1Br. The predicted octanol–water partition coefficient (Wildman–Crippen LogP) is 4.53. The quantitative estimate of drug-likeness (QED) is 0.872. The van der Waals surface area contributed by atoms with E-state index in [0.717, 1.165) is 40.8 Å². The molecule has 4 nitrogen and oxygen atoms in total. The maximum atomic E-state index is 4.43. The molecular formula is C17H21BrN4. The van der Waals surface area contributed by atoms with E-state index in [1.807, 2.05) is 18.2 Å². The Morgan fingerprint density at radius 3 is 2.68 bits per heavy atom. The average molecular weight is 361 g/mol. The van der Waals surface area contributed by atoms with Gasteiger partial charge in [-0.1, -0.05) is 22.9 Å². The lowest BCUT2D eigenvalue weighted by Crippen LogP contribution is -2.33. The first-order chi connectivity index (χ1) is 10.6. The summed E-state index contributed by atoms with van der Waals surface area (Å²) in [5, 5.41) is 3.36. The van der Waals surface area contributed by atoms with Gasteiger partial charge in [-0.05, 0) is 49.4 Å². The molecule has 0 aliphatic carbocycles. The molecule has 116 valence electrons. The van der Waals surface area contributed by atoms with Crippen LogP contribution in [0, 0.1) is 12.8 Å². The van der Waals surface area contributed by atoms with E-state index in [9.17, 15) is 0 Å². The fraction of sp³-hybridized carbons (Fsp3) is 0.412. The van der Waals surface area contributed by atoms with Gasteiger partial charge in [-0.3, -0.25) is 0 Å². The predicted molar refractivity (Wildman–Crippen MR) is 94.8 cm³/mol. The zero-order chi connectivity index (χ0) is 15.5. The first-order valence-electron chi connectivity index (χ1n) is 7.72. The van der Waals surface area contributed by atoms with Gasteiger partial charge in [0.2, 0.25) is 0 Å². The second-order valence-corrected chi connectivity index (χ2v) is 6.87. The van der Waals surface area contributed by atoms with Gasteiger partial charge in [0.25, 0.3) is 0 Å². The maximum Gasteiger partial charge on any atom is 0.135 e. The largest absolute Gasteiger partial charge is 0.356 e. The number of halogens is 1. The minimum Gasteiger partial charge on any atom is -0.356 e. The number of rotatable bonds is 3. The highest BCUT2D eigenvalue weighted by atomic mass is 79.9. The molecule has 3 rings (SSSR count). The topological polar surface area (TPSA) is 41.0 Å². The molecule has 22 heavy (non-hydrogen) atoms. The minimum absolute atomic E-state index is 0.821. The summed E-state index contributed by atoms with van der Waals surface area (Å²) in [4.78, 5) is 11.1. The molecule has 1 saturated heterocycles. The van der Waals surface area contributed by atoms with Gasteiger partial charge in [0, 0.05) is 29.3 Å². The summed E-state index contributed by atoms with van der Waals surface area (Å²) in [6, 6.07) is 8.23. The normalized spacial score (nSPS) is 15.9. The highest BCUT2D eigenvalue weighted by Gasteiger charge is 2.17. The van der Waals surface area contributed by atoms with Crippen molar-refractivity contribution in [3.63, 3.8) is 0 Å². The molecule has 1 aliphatic heterocycles. The van der Waals surface area contributed by atoms with Crippen LogP contribution in [0.3, 0.4) is 0 Å². The number of aryl methyl sites for hydroxylation is 1. The van der Waals surface area contributed by atoms with E-state index in [4.69, 9.17) is 0 Å². The molecule has 1 aromatic heterocycles. The van der Waals surface area contributed by atoms with E-state index in [-0.39, 0.29) is 0 Å². The number of anilines is 3. The van der Waals surface area contributed by atoms with Crippen LogP contribution in [0.2, 0.25) is 0 Å². The Morgan fingerprint density at radius 2 is 1.95 bits per heavy atom. The molecule has 0 atom stereocenters. The van der Waals surface area contributed by atoms with Gasteiger partial charge in [0.15, 0.2) is 0 Å². The van der Waals surface area contributed by atoms with Gasteiger partial charge in [0.1, 0.15) is 18.0 Å². The van der Waals surface area contributed by atoms with Crippen LogP contribution < -0.4 is 10.2 Å². The van der Waals surface area contributed by atoms with Gasteiger partial charge in [-0.25, -0.2) is 9.97 Å². The number of piperidine rings is 1. The first kappa shape index (κ1) is 15.3. The van der Waals surface area contributed by atoms with E-state index in [1.165, 1.54) is 18.4 Å². The summed E-state index contributed by atoms with van der Waals surface area (Å²) in [6.45, 7) is 6.56. The molecule has 2 heterocycles. The number of benzene rings is 1. The molecule has 0 bridgehead atoms. The van der Waals surface area contributed by atoms with Crippen molar-refractivity contribution in [2.75, 3.05) is 23.3 Å². The molecule has 1 N–H and O–H groups in total. The third kappa shape index (κ3) is 3.58. The van der Waals surface area contributed by atoms with Crippen LogP contribution >= 0.6 is 15.9 Å². The zero-order valence-corrected chi connectivity index (χ0v) is 14.6. The molecule has 0 unspecified atom stereocenters. The van der Waals surface area contributed by atoms with Crippen molar-refractivity contribution in [1.82, 2.24) is 9.97 Å². The molecular weight excluding hydrogens is 340 g/mol. The summed E-state index contributed by atoms with van der Waals surface area (Å²) in [5.41, 5.74) is 2.24. The Labute approximate surface area is 140 Å². The van der Waals surface area contributed by atoms with Crippen LogP contribution in [0.15, 0.2) is 35.1 Å². The summed E-state index contributed by atoms with van der Waals surface area (Å²) in [7, 11) is 0. The maximum absolute atomic E-state index is 4.43. The number of nitrogens with one attached hydrogen (secondary N) is 1. The summed E-state index contributed by atoms with van der Waals surface area (Å²) in [6.07, 6.45) is 4.11. The lowest BCUT2D eigenvalue weighted by atomic mass is 9.99. The third-order valence-corrected chi connectivity index (χ3v) is 5.08. The molecule has 1 fully saturated rings. The summed E-state index contributed by atoms with van der Waals surface area (Å²) >= 11 is 3.52. The molecule has 1 aliphatic rings. The van der Waals surface area contributed by atoms with Crippen LogP contribution in [-0.2, 0) is 0 Å². The lowest BCUT2D eigenvalue weighted by molar-refractivity contribution is 0.436. The second kappa shape index (κ2) is 6.65. The van der Waals surface area contributed by atoms with Gasteiger partial charge in [-0.15, -0.1) is 0 Å². The molecule has 0 saturated carbocycles. The van der Waals surface area contributed by atoms with E-state index in [0.29, 0.717) is 0 Å². The van der Waals surface area contributed by atoms with Gasteiger partial charge >= 0.3 is 0 Å². The summed E-state index contributed by atoms with van der Waals surface area (Å²) in [5.74, 6) is 2.67. The van der Waals surface area contributed by atoms with Gasteiger partial charge < -0.3 is 10.2 Å². The van der Waals surface area contributed by atoms with Crippen LogP contribution in [0.25, 0.3) is 0 Å². The van der Waals surface area contributed by atoms with Crippen molar-refractivity contribution in [3.8, 4) is 0 Å². The first-order valence-corrected chi connectivity index (χ1v) is 8.51. The van der Waals surface area contributed by atoms with E-state index < -0.39 is 0 Å². The number of nitrogens with zero attached hydrogens (tertiary/aromatic N) is 3. The Hall–Kier alpha value is -1.62. The molecule has 0 spiro atoms. The Balaban J connectivity index is 1.74. The van der Waals surface area contributed by atoms with Crippen molar-refractivity contribution in [2.24, 2.45) is 5.92 Å². The van der Waals surface area contributed by atoms with Crippen LogP contribution in [0.4, 0.5) is 17.3 Å². The fourth-order valence-electron chi connectivity index (χ4n) is 2.70. The Kier molecular flexibility index (Phi) is 4.62. The van der Waals surface area contributed by atoms with E-state index in [1.54, 1.807) is 6.33 Å². The van der Waals surface area contributed by atoms with Crippen molar-refractivity contribution < 1.29 is 0 Å². The van der Waals surface area contributed by atoms with Crippen LogP contribution in [-0.4, -0.2) is 23.1 Å². The average Bonchev–Trinajstić information content (AvgIpc) is 2.52. The molecule has 5 heteroatoms. The van der Waals surface area contributed by atoms with Gasteiger partial charge in [-0.2, -0.15) is 0 Å². The fourth-order valence-corrected chi connectivity index (χ4v) is 2.94. The molecule has 1 aromatic carbocycles. The number of hydrogen-bond donors (Lipinski definition) is 1. The standard InChI is InChI=1S/C17H21BrN4/c1-12-5-7-22(8-6-12)17-10-16(19-11-20-17)21-14-3-4-15(18)13(2)9-14/h3-4,9-12H,5-8H2,1-2H3,(H,19,20,21).